The fourth-order valence-corrected chi connectivity index (χ4v) is 4.07. The van der Waals surface area contributed by atoms with Crippen LogP contribution in [0.15, 0.2) is 0 Å². The van der Waals surface area contributed by atoms with Gasteiger partial charge in [-0.1, -0.05) is 27.7 Å². The topological polar surface area (TPSA) is 35.5 Å². The van der Waals surface area contributed by atoms with E-state index in [2.05, 4.69) is 27.7 Å². The van der Waals surface area contributed by atoms with Crippen molar-refractivity contribution in [2.24, 2.45) is 16.7 Å². The highest BCUT2D eigenvalue weighted by Gasteiger charge is 2.74. The van der Waals surface area contributed by atoms with E-state index < -0.39 is 5.79 Å². The first kappa shape index (κ1) is 12.5. The minimum Gasteiger partial charge on any atom is -0.432 e. The highest BCUT2D eigenvalue weighted by atomic mass is 16.7. The molecule has 0 N–H and O–H groups in total. The zero-order valence-corrected chi connectivity index (χ0v) is 12.1. The number of carbonyl (C=O) groups is 1. The molecule has 18 heavy (non-hydrogen) atoms. The lowest BCUT2D eigenvalue weighted by atomic mass is 9.52. The maximum atomic E-state index is 12.3. The van der Waals surface area contributed by atoms with Gasteiger partial charge in [0, 0.05) is 12.3 Å². The molecule has 1 heterocycles. The van der Waals surface area contributed by atoms with Crippen LogP contribution in [0.4, 0.5) is 0 Å². The van der Waals surface area contributed by atoms with Gasteiger partial charge in [0.2, 0.25) is 5.79 Å². The lowest BCUT2D eigenvalue weighted by Gasteiger charge is -2.65. The maximum Gasteiger partial charge on any atom is 0.314 e. The quantitative estimate of drug-likeness (QED) is 0.621. The Bertz CT molecular complexity index is 410. The number of carbonyl (C=O) groups excluding carboxylic acids is 1. The number of cyclic esters (lactones) is 1. The van der Waals surface area contributed by atoms with Crippen LogP contribution in [0.25, 0.3) is 0 Å². The van der Waals surface area contributed by atoms with Crippen molar-refractivity contribution < 1.29 is 14.3 Å². The van der Waals surface area contributed by atoms with Gasteiger partial charge in [-0.2, -0.15) is 0 Å². The summed E-state index contributed by atoms with van der Waals surface area (Å²) in [5.41, 5.74) is -0.268. The molecule has 0 aromatic rings. The van der Waals surface area contributed by atoms with Gasteiger partial charge in [0.15, 0.2) is 0 Å². The van der Waals surface area contributed by atoms with Crippen LogP contribution in [0.2, 0.25) is 0 Å². The van der Waals surface area contributed by atoms with Crippen LogP contribution in [0, 0.1) is 16.7 Å². The molecule has 3 rings (SSSR count). The third-order valence-corrected chi connectivity index (χ3v) is 5.84. The smallest absolute Gasteiger partial charge is 0.314 e. The van der Waals surface area contributed by atoms with Crippen LogP contribution >= 0.6 is 0 Å². The standard InChI is InChI=1S/C15H24O3/c1-12(2,3)14(5)17-11(16)10-9-13(4)7-6-8-15(10,13)18-14/h10H,6-9H2,1-5H3/t10-,13+,14+,15-/m0/s1. The van der Waals surface area contributed by atoms with Crippen molar-refractivity contribution >= 4 is 5.97 Å². The molecule has 1 spiro atoms. The fourth-order valence-electron chi connectivity index (χ4n) is 4.07. The summed E-state index contributed by atoms with van der Waals surface area (Å²) in [6.45, 7) is 10.4. The van der Waals surface area contributed by atoms with Crippen LogP contribution in [0.1, 0.15) is 60.3 Å². The van der Waals surface area contributed by atoms with Crippen molar-refractivity contribution in [3.8, 4) is 0 Å². The molecule has 4 atom stereocenters. The zero-order valence-electron chi connectivity index (χ0n) is 12.1. The summed E-state index contributed by atoms with van der Waals surface area (Å²) in [6, 6.07) is 0. The molecule has 1 aliphatic heterocycles. The van der Waals surface area contributed by atoms with Gasteiger partial charge >= 0.3 is 5.97 Å². The molecule has 0 amide bonds. The van der Waals surface area contributed by atoms with Crippen molar-refractivity contribution in [1.29, 1.82) is 0 Å². The third kappa shape index (κ3) is 1.21. The van der Waals surface area contributed by atoms with E-state index in [1.165, 1.54) is 12.8 Å². The Morgan fingerprint density at radius 3 is 2.44 bits per heavy atom. The average Bonchev–Trinajstić information content (AvgIpc) is 2.42. The SMILES string of the molecule is CC(C)(C)[C@]1(C)OC(=O)[C@@H]2C[C@@]3(C)CCC[C@]23O1. The molecule has 0 aromatic carbocycles. The van der Waals surface area contributed by atoms with Gasteiger partial charge in [0.1, 0.15) is 0 Å². The zero-order chi connectivity index (χ0) is 13.4. The Balaban J connectivity index is 2.00. The molecule has 3 nitrogen and oxygen atoms in total. The van der Waals surface area contributed by atoms with Crippen LogP contribution in [-0.2, 0) is 14.3 Å². The molecule has 1 saturated heterocycles. The summed E-state index contributed by atoms with van der Waals surface area (Å²) < 4.78 is 12.1. The number of ether oxygens (including phenoxy) is 2. The fraction of sp³-hybridized carbons (Fsp3) is 0.933. The normalized spacial score (nSPS) is 51.2. The highest BCUT2D eigenvalue weighted by Crippen LogP contribution is 2.69. The van der Waals surface area contributed by atoms with Crippen LogP contribution < -0.4 is 0 Å². The van der Waals surface area contributed by atoms with Crippen molar-refractivity contribution in [2.45, 2.75) is 71.7 Å². The van der Waals surface area contributed by atoms with Crippen LogP contribution in [0.3, 0.4) is 0 Å². The number of hydrogen-bond acceptors (Lipinski definition) is 3. The monoisotopic (exact) mass is 252 g/mol. The average molecular weight is 252 g/mol. The molecule has 2 saturated carbocycles. The molecule has 2 aliphatic carbocycles. The summed E-state index contributed by atoms with van der Waals surface area (Å²) >= 11 is 0. The van der Waals surface area contributed by atoms with E-state index >= 15 is 0 Å². The molecule has 3 heteroatoms. The predicted molar refractivity (Wildman–Crippen MR) is 67.8 cm³/mol. The first-order valence-corrected chi connectivity index (χ1v) is 7.07. The molecule has 0 bridgehead atoms. The van der Waals surface area contributed by atoms with Gasteiger partial charge < -0.3 is 9.47 Å². The Labute approximate surface area is 109 Å². The lowest BCUT2D eigenvalue weighted by Crippen LogP contribution is -2.72. The van der Waals surface area contributed by atoms with E-state index in [4.69, 9.17) is 9.47 Å². The van der Waals surface area contributed by atoms with E-state index in [-0.39, 0.29) is 28.3 Å². The van der Waals surface area contributed by atoms with Crippen molar-refractivity contribution in [3.63, 3.8) is 0 Å². The molecule has 3 fully saturated rings. The van der Waals surface area contributed by atoms with E-state index in [0.717, 1.165) is 12.8 Å². The summed E-state index contributed by atoms with van der Waals surface area (Å²) in [7, 11) is 0. The second-order valence-corrected chi connectivity index (χ2v) is 7.78. The Morgan fingerprint density at radius 2 is 1.89 bits per heavy atom. The first-order valence-electron chi connectivity index (χ1n) is 7.07. The van der Waals surface area contributed by atoms with Gasteiger partial charge in [0.25, 0.3) is 0 Å². The highest BCUT2D eigenvalue weighted by molar-refractivity contribution is 5.77. The Hall–Kier alpha value is -0.570. The second-order valence-electron chi connectivity index (χ2n) is 7.78. The summed E-state index contributed by atoms with van der Waals surface area (Å²) in [5.74, 6) is -0.870. The Morgan fingerprint density at radius 1 is 1.22 bits per heavy atom. The van der Waals surface area contributed by atoms with Gasteiger partial charge in [-0.15, -0.1) is 0 Å². The van der Waals surface area contributed by atoms with Gasteiger partial charge in [-0.25, -0.2) is 0 Å². The van der Waals surface area contributed by atoms with Crippen molar-refractivity contribution in [2.75, 3.05) is 0 Å². The van der Waals surface area contributed by atoms with E-state index in [9.17, 15) is 4.79 Å². The minimum atomic E-state index is -0.799. The number of hydrogen-bond donors (Lipinski definition) is 0. The van der Waals surface area contributed by atoms with Gasteiger partial charge in [-0.05, 0) is 31.1 Å². The minimum absolute atomic E-state index is 0.0274. The molecule has 102 valence electrons. The van der Waals surface area contributed by atoms with E-state index in [1.54, 1.807) is 0 Å². The molecule has 0 unspecified atom stereocenters. The van der Waals surface area contributed by atoms with Gasteiger partial charge in [0.05, 0.1) is 11.5 Å². The summed E-state index contributed by atoms with van der Waals surface area (Å²) in [6.07, 6.45) is 4.29. The summed E-state index contributed by atoms with van der Waals surface area (Å²) in [4.78, 5) is 12.3. The maximum absolute atomic E-state index is 12.3. The molecular formula is C15H24O3. The lowest BCUT2D eigenvalue weighted by molar-refractivity contribution is -0.391. The third-order valence-electron chi connectivity index (χ3n) is 5.84. The molecular weight excluding hydrogens is 228 g/mol. The molecule has 0 aromatic heterocycles. The largest absolute Gasteiger partial charge is 0.432 e. The summed E-state index contributed by atoms with van der Waals surface area (Å²) in [5, 5.41) is 0. The second kappa shape index (κ2) is 3.12. The molecule has 3 aliphatic rings. The van der Waals surface area contributed by atoms with Crippen LogP contribution in [-0.4, -0.2) is 17.4 Å². The van der Waals surface area contributed by atoms with Crippen LogP contribution in [0.5, 0.6) is 0 Å². The number of rotatable bonds is 0. The van der Waals surface area contributed by atoms with Gasteiger partial charge in [-0.3, -0.25) is 4.79 Å². The first-order chi connectivity index (χ1) is 8.14. The Kier molecular flexibility index (Phi) is 2.16. The molecule has 0 radical (unpaired) electrons. The van der Waals surface area contributed by atoms with Crippen molar-refractivity contribution in [1.82, 2.24) is 0 Å². The van der Waals surface area contributed by atoms with Crippen molar-refractivity contribution in [3.05, 3.63) is 0 Å². The van der Waals surface area contributed by atoms with E-state index in [0.29, 0.717) is 0 Å². The van der Waals surface area contributed by atoms with E-state index in [1.807, 2.05) is 6.92 Å². The predicted octanol–water partition coefficient (Wildman–Crippen LogP) is 3.27. The number of esters is 1.